The van der Waals surface area contributed by atoms with Gasteiger partial charge in [0, 0.05) is 5.56 Å². The second-order valence-electron chi connectivity index (χ2n) is 5.11. The van der Waals surface area contributed by atoms with Crippen molar-refractivity contribution in [3.05, 3.63) is 29.8 Å². The molecule has 2 heteroatoms. The van der Waals surface area contributed by atoms with E-state index in [0.717, 1.165) is 16.7 Å². The van der Waals surface area contributed by atoms with E-state index in [4.69, 9.17) is 4.74 Å². The smallest absolute Gasteiger partial charge is 0.161 e. The standard InChI is InChI=1S/C14H20O2/c1-9(2)10-7-11(14(3,4)5)13(15)12(8-10)16-6/h7-8,15H,1H2,2-6H3. The summed E-state index contributed by atoms with van der Waals surface area (Å²) in [4.78, 5) is 0. The summed E-state index contributed by atoms with van der Waals surface area (Å²) < 4.78 is 5.18. The Morgan fingerprint density at radius 1 is 1.31 bits per heavy atom. The first-order valence-corrected chi connectivity index (χ1v) is 5.34. The Morgan fingerprint density at radius 2 is 1.88 bits per heavy atom. The first kappa shape index (κ1) is 12.6. The van der Waals surface area contributed by atoms with Crippen LogP contribution in [0.2, 0.25) is 0 Å². The highest BCUT2D eigenvalue weighted by Gasteiger charge is 2.21. The third kappa shape index (κ3) is 2.38. The molecule has 88 valence electrons. The summed E-state index contributed by atoms with van der Waals surface area (Å²) in [5.74, 6) is 0.727. The summed E-state index contributed by atoms with van der Waals surface area (Å²) in [6.07, 6.45) is 0. The number of ether oxygens (including phenoxy) is 1. The van der Waals surface area contributed by atoms with E-state index in [0.29, 0.717) is 5.75 Å². The van der Waals surface area contributed by atoms with Crippen LogP contribution >= 0.6 is 0 Å². The van der Waals surface area contributed by atoms with Gasteiger partial charge in [-0.2, -0.15) is 0 Å². The lowest BCUT2D eigenvalue weighted by atomic mass is 9.84. The van der Waals surface area contributed by atoms with Crippen LogP contribution in [0.15, 0.2) is 18.7 Å². The van der Waals surface area contributed by atoms with Crippen molar-refractivity contribution >= 4 is 5.57 Å². The minimum atomic E-state index is -0.122. The van der Waals surface area contributed by atoms with Gasteiger partial charge in [-0.3, -0.25) is 0 Å². The van der Waals surface area contributed by atoms with Crippen molar-refractivity contribution < 1.29 is 9.84 Å². The van der Waals surface area contributed by atoms with Crippen LogP contribution < -0.4 is 4.74 Å². The first-order chi connectivity index (χ1) is 7.27. The monoisotopic (exact) mass is 220 g/mol. The number of aromatic hydroxyl groups is 1. The molecular weight excluding hydrogens is 200 g/mol. The summed E-state index contributed by atoms with van der Waals surface area (Å²) in [6, 6.07) is 3.78. The Kier molecular flexibility index (Phi) is 3.32. The topological polar surface area (TPSA) is 29.5 Å². The number of hydrogen-bond acceptors (Lipinski definition) is 2. The minimum absolute atomic E-state index is 0.122. The lowest BCUT2D eigenvalue weighted by molar-refractivity contribution is 0.364. The van der Waals surface area contributed by atoms with Gasteiger partial charge in [0.15, 0.2) is 11.5 Å². The van der Waals surface area contributed by atoms with Gasteiger partial charge in [-0.15, -0.1) is 0 Å². The highest BCUT2D eigenvalue weighted by Crippen LogP contribution is 2.39. The molecule has 0 atom stereocenters. The average Bonchev–Trinajstić information content (AvgIpc) is 2.15. The van der Waals surface area contributed by atoms with Gasteiger partial charge in [-0.05, 0) is 30.0 Å². The highest BCUT2D eigenvalue weighted by molar-refractivity contribution is 5.67. The van der Waals surface area contributed by atoms with Gasteiger partial charge in [-0.1, -0.05) is 32.9 Å². The zero-order chi connectivity index (χ0) is 12.5. The molecule has 1 aromatic carbocycles. The molecule has 0 heterocycles. The predicted octanol–water partition coefficient (Wildman–Crippen LogP) is 3.73. The van der Waals surface area contributed by atoms with Gasteiger partial charge >= 0.3 is 0 Å². The van der Waals surface area contributed by atoms with E-state index in [2.05, 4.69) is 27.4 Å². The predicted molar refractivity (Wildman–Crippen MR) is 68.1 cm³/mol. The van der Waals surface area contributed by atoms with Crippen molar-refractivity contribution in [3.63, 3.8) is 0 Å². The van der Waals surface area contributed by atoms with E-state index in [9.17, 15) is 5.11 Å². The van der Waals surface area contributed by atoms with Crippen LogP contribution in [-0.4, -0.2) is 12.2 Å². The van der Waals surface area contributed by atoms with Gasteiger partial charge in [0.2, 0.25) is 0 Å². The Hall–Kier alpha value is -1.44. The van der Waals surface area contributed by atoms with Crippen LogP contribution in [0.3, 0.4) is 0 Å². The minimum Gasteiger partial charge on any atom is -0.504 e. The van der Waals surface area contributed by atoms with Crippen molar-refractivity contribution in [2.75, 3.05) is 7.11 Å². The van der Waals surface area contributed by atoms with Crippen LogP contribution in [-0.2, 0) is 5.41 Å². The molecule has 0 fully saturated rings. The van der Waals surface area contributed by atoms with Gasteiger partial charge in [-0.25, -0.2) is 0 Å². The molecule has 0 spiro atoms. The molecule has 0 aromatic heterocycles. The molecular formula is C14H20O2. The van der Waals surface area contributed by atoms with Crippen molar-refractivity contribution in [3.8, 4) is 11.5 Å². The third-order valence-electron chi connectivity index (χ3n) is 2.60. The van der Waals surface area contributed by atoms with Crippen molar-refractivity contribution in [2.45, 2.75) is 33.1 Å². The maximum absolute atomic E-state index is 10.1. The van der Waals surface area contributed by atoms with Crippen LogP contribution in [0.1, 0.15) is 38.8 Å². The maximum atomic E-state index is 10.1. The molecule has 0 amide bonds. The number of allylic oxidation sites excluding steroid dienone is 1. The van der Waals surface area contributed by atoms with Crippen LogP contribution in [0.25, 0.3) is 5.57 Å². The number of phenols is 1. The Morgan fingerprint density at radius 3 is 2.25 bits per heavy atom. The second kappa shape index (κ2) is 4.20. The molecule has 1 N–H and O–H groups in total. The van der Waals surface area contributed by atoms with E-state index < -0.39 is 0 Å². The zero-order valence-corrected chi connectivity index (χ0v) is 10.7. The lowest BCUT2D eigenvalue weighted by Crippen LogP contribution is -2.12. The highest BCUT2D eigenvalue weighted by atomic mass is 16.5. The quantitative estimate of drug-likeness (QED) is 0.822. The number of methoxy groups -OCH3 is 1. The second-order valence-corrected chi connectivity index (χ2v) is 5.11. The molecule has 0 saturated carbocycles. The molecule has 2 nitrogen and oxygen atoms in total. The van der Waals surface area contributed by atoms with Crippen molar-refractivity contribution in [2.24, 2.45) is 0 Å². The Labute approximate surface area is 97.6 Å². The van der Waals surface area contributed by atoms with E-state index in [1.54, 1.807) is 7.11 Å². The van der Waals surface area contributed by atoms with Crippen molar-refractivity contribution in [1.29, 1.82) is 0 Å². The molecule has 0 aliphatic carbocycles. The Bertz CT molecular complexity index is 411. The first-order valence-electron chi connectivity index (χ1n) is 5.34. The summed E-state index contributed by atoms with van der Waals surface area (Å²) >= 11 is 0. The summed E-state index contributed by atoms with van der Waals surface area (Å²) in [6.45, 7) is 12.0. The molecule has 0 unspecified atom stereocenters. The SMILES string of the molecule is C=C(C)c1cc(OC)c(O)c(C(C)(C)C)c1. The van der Waals surface area contributed by atoms with Gasteiger partial charge in [0.1, 0.15) is 0 Å². The van der Waals surface area contributed by atoms with Gasteiger partial charge in [0.25, 0.3) is 0 Å². The van der Waals surface area contributed by atoms with E-state index >= 15 is 0 Å². The molecule has 16 heavy (non-hydrogen) atoms. The summed E-state index contributed by atoms with van der Waals surface area (Å²) in [7, 11) is 1.56. The molecule has 0 saturated heterocycles. The summed E-state index contributed by atoms with van der Waals surface area (Å²) in [5, 5.41) is 10.1. The van der Waals surface area contributed by atoms with Crippen LogP contribution in [0, 0.1) is 0 Å². The fourth-order valence-electron chi connectivity index (χ4n) is 1.58. The Balaban J connectivity index is 3.48. The molecule has 1 rings (SSSR count). The van der Waals surface area contributed by atoms with Crippen LogP contribution in [0.5, 0.6) is 11.5 Å². The summed E-state index contributed by atoms with van der Waals surface area (Å²) in [5.41, 5.74) is 2.72. The zero-order valence-electron chi connectivity index (χ0n) is 10.7. The lowest BCUT2D eigenvalue weighted by Gasteiger charge is -2.23. The number of rotatable bonds is 2. The van der Waals surface area contributed by atoms with E-state index in [1.807, 2.05) is 19.1 Å². The largest absolute Gasteiger partial charge is 0.504 e. The molecule has 0 aliphatic heterocycles. The van der Waals surface area contributed by atoms with E-state index in [-0.39, 0.29) is 11.2 Å². The normalized spacial score (nSPS) is 11.3. The number of benzene rings is 1. The third-order valence-corrected chi connectivity index (χ3v) is 2.60. The van der Waals surface area contributed by atoms with Crippen LogP contribution in [0.4, 0.5) is 0 Å². The number of hydrogen-bond donors (Lipinski definition) is 1. The maximum Gasteiger partial charge on any atom is 0.161 e. The number of phenolic OH excluding ortho intramolecular Hbond substituents is 1. The molecule has 0 aliphatic rings. The molecule has 0 radical (unpaired) electrons. The van der Waals surface area contributed by atoms with Gasteiger partial charge < -0.3 is 9.84 Å². The van der Waals surface area contributed by atoms with Crippen molar-refractivity contribution in [1.82, 2.24) is 0 Å². The fourth-order valence-corrected chi connectivity index (χ4v) is 1.58. The average molecular weight is 220 g/mol. The molecule has 0 bridgehead atoms. The fraction of sp³-hybridized carbons (Fsp3) is 0.429. The molecule has 1 aromatic rings. The van der Waals surface area contributed by atoms with Gasteiger partial charge in [0.05, 0.1) is 7.11 Å². The van der Waals surface area contributed by atoms with E-state index in [1.165, 1.54) is 0 Å².